The molecule has 0 unspecified atom stereocenters. The molecule has 1 aromatic rings. The molecule has 84 valence electrons. The van der Waals surface area contributed by atoms with Crippen LogP contribution in [0.2, 0.25) is 0 Å². The molecule has 0 aliphatic heterocycles. The number of benzene rings is 1. The monoisotopic (exact) mass is 208 g/mol. The molecule has 0 aliphatic carbocycles. The maximum absolute atomic E-state index is 5.82. The average molecular weight is 208 g/mol. The summed E-state index contributed by atoms with van der Waals surface area (Å²) in [6, 6.07) is 5.96. The highest BCUT2D eigenvalue weighted by Gasteiger charge is 2.01. The molecule has 15 heavy (non-hydrogen) atoms. The van der Waals surface area contributed by atoms with Gasteiger partial charge in [-0.3, -0.25) is 0 Å². The molecule has 0 aliphatic rings. The van der Waals surface area contributed by atoms with Gasteiger partial charge >= 0.3 is 0 Å². The Balaban J connectivity index is 2.59. The van der Waals surface area contributed by atoms with Crippen LogP contribution in [0.25, 0.3) is 0 Å². The topological polar surface area (TPSA) is 38.5 Å². The Morgan fingerprint density at radius 1 is 1.33 bits per heavy atom. The quantitative estimate of drug-likeness (QED) is 0.749. The van der Waals surface area contributed by atoms with E-state index in [9.17, 15) is 0 Å². The molecule has 0 aromatic heterocycles. The van der Waals surface area contributed by atoms with Crippen LogP contribution in [0.1, 0.15) is 12.5 Å². The number of hydrogen-bond donors (Lipinski definition) is 1. The zero-order valence-corrected chi connectivity index (χ0v) is 9.79. The third kappa shape index (κ3) is 3.80. The van der Waals surface area contributed by atoms with Gasteiger partial charge in [0.25, 0.3) is 0 Å². The second kappa shape index (κ2) is 5.61. The number of aryl methyl sites for hydroxylation is 1. The highest BCUT2D eigenvalue weighted by Crippen LogP contribution is 2.22. The zero-order valence-electron chi connectivity index (χ0n) is 9.79. The molecule has 0 radical (unpaired) electrons. The molecule has 0 heterocycles. The molecule has 0 spiro atoms. The molecular formula is C12H20N2O. The molecule has 0 bridgehead atoms. The summed E-state index contributed by atoms with van der Waals surface area (Å²) in [7, 11) is 4.05. The number of nitrogens with zero attached hydrogens (tertiary/aromatic N) is 1. The van der Waals surface area contributed by atoms with Gasteiger partial charge in [-0.25, -0.2) is 0 Å². The maximum Gasteiger partial charge on any atom is 0.142 e. The molecule has 3 heteroatoms. The van der Waals surface area contributed by atoms with Gasteiger partial charge in [-0.1, -0.05) is 13.0 Å². The van der Waals surface area contributed by atoms with Crippen LogP contribution in [0.5, 0.6) is 5.75 Å². The minimum Gasteiger partial charge on any atom is -0.490 e. The predicted molar refractivity (Wildman–Crippen MR) is 64.3 cm³/mol. The second-order valence-corrected chi connectivity index (χ2v) is 3.88. The van der Waals surface area contributed by atoms with Gasteiger partial charge in [-0.15, -0.1) is 0 Å². The van der Waals surface area contributed by atoms with E-state index >= 15 is 0 Å². The van der Waals surface area contributed by atoms with Crippen molar-refractivity contribution in [3.05, 3.63) is 23.8 Å². The van der Waals surface area contributed by atoms with E-state index in [1.165, 1.54) is 5.56 Å². The summed E-state index contributed by atoms with van der Waals surface area (Å²) in [6.07, 6.45) is 1.00. The van der Waals surface area contributed by atoms with E-state index in [0.717, 1.165) is 18.7 Å². The van der Waals surface area contributed by atoms with Gasteiger partial charge in [0.1, 0.15) is 12.4 Å². The third-order valence-electron chi connectivity index (χ3n) is 2.28. The second-order valence-electron chi connectivity index (χ2n) is 3.88. The lowest BCUT2D eigenvalue weighted by molar-refractivity contribution is 0.262. The molecule has 0 fully saturated rings. The molecule has 2 N–H and O–H groups in total. The normalized spacial score (nSPS) is 10.7. The summed E-state index contributed by atoms with van der Waals surface area (Å²) in [5.41, 5.74) is 7.79. The largest absolute Gasteiger partial charge is 0.490 e. The van der Waals surface area contributed by atoms with E-state index in [-0.39, 0.29) is 0 Å². The SMILES string of the molecule is CCc1ccc(N)c(OCCN(C)C)c1. The van der Waals surface area contributed by atoms with Crippen LogP contribution in [-0.4, -0.2) is 32.1 Å². The van der Waals surface area contributed by atoms with Gasteiger partial charge in [-0.05, 0) is 38.2 Å². The molecule has 0 amide bonds. The highest BCUT2D eigenvalue weighted by atomic mass is 16.5. The Kier molecular flexibility index (Phi) is 4.43. The van der Waals surface area contributed by atoms with Gasteiger partial charge < -0.3 is 15.4 Å². The molecule has 1 rings (SSSR count). The minimum atomic E-state index is 0.671. The fraction of sp³-hybridized carbons (Fsp3) is 0.500. The van der Waals surface area contributed by atoms with Crippen LogP contribution in [0.4, 0.5) is 5.69 Å². The molecule has 3 nitrogen and oxygen atoms in total. The third-order valence-corrected chi connectivity index (χ3v) is 2.28. The van der Waals surface area contributed by atoms with Crippen LogP contribution in [0.15, 0.2) is 18.2 Å². The van der Waals surface area contributed by atoms with E-state index in [0.29, 0.717) is 12.3 Å². The first-order valence-corrected chi connectivity index (χ1v) is 5.29. The Morgan fingerprint density at radius 2 is 2.07 bits per heavy atom. The number of hydrogen-bond acceptors (Lipinski definition) is 3. The van der Waals surface area contributed by atoms with E-state index in [1.807, 2.05) is 32.3 Å². The van der Waals surface area contributed by atoms with Crippen LogP contribution >= 0.6 is 0 Å². The van der Waals surface area contributed by atoms with Gasteiger partial charge in [0.05, 0.1) is 5.69 Å². The van der Waals surface area contributed by atoms with Gasteiger partial charge in [-0.2, -0.15) is 0 Å². The summed E-state index contributed by atoms with van der Waals surface area (Å²) in [4.78, 5) is 2.08. The summed E-state index contributed by atoms with van der Waals surface area (Å²) in [6.45, 7) is 3.69. The van der Waals surface area contributed by atoms with Gasteiger partial charge in [0.15, 0.2) is 0 Å². The highest BCUT2D eigenvalue weighted by molar-refractivity contribution is 5.53. The zero-order chi connectivity index (χ0) is 11.3. The molecule has 1 aromatic carbocycles. The van der Waals surface area contributed by atoms with Crippen molar-refractivity contribution in [3.8, 4) is 5.75 Å². The smallest absolute Gasteiger partial charge is 0.142 e. The lowest BCUT2D eigenvalue weighted by Crippen LogP contribution is -2.19. The number of anilines is 1. The van der Waals surface area contributed by atoms with Gasteiger partial charge in [0, 0.05) is 6.54 Å². The van der Waals surface area contributed by atoms with E-state index in [1.54, 1.807) is 0 Å². The van der Waals surface area contributed by atoms with Crippen molar-refractivity contribution in [1.29, 1.82) is 0 Å². The van der Waals surface area contributed by atoms with Crippen molar-refractivity contribution in [2.75, 3.05) is 33.0 Å². The van der Waals surface area contributed by atoms with Crippen LogP contribution < -0.4 is 10.5 Å². The number of rotatable bonds is 5. The van der Waals surface area contributed by atoms with Crippen molar-refractivity contribution in [3.63, 3.8) is 0 Å². The fourth-order valence-corrected chi connectivity index (χ4v) is 1.26. The summed E-state index contributed by atoms with van der Waals surface area (Å²) >= 11 is 0. The Morgan fingerprint density at radius 3 is 2.67 bits per heavy atom. The van der Waals surface area contributed by atoms with Crippen molar-refractivity contribution in [2.24, 2.45) is 0 Å². The number of nitrogen functional groups attached to an aromatic ring is 1. The van der Waals surface area contributed by atoms with Crippen LogP contribution in [0.3, 0.4) is 0 Å². The number of ether oxygens (including phenoxy) is 1. The first-order chi connectivity index (χ1) is 7.13. The Bertz CT molecular complexity index is 310. The van der Waals surface area contributed by atoms with Gasteiger partial charge in [0.2, 0.25) is 0 Å². The first-order valence-electron chi connectivity index (χ1n) is 5.29. The summed E-state index contributed by atoms with van der Waals surface area (Å²) in [5.74, 6) is 0.802. The number of nitrogens with two attached hydrogens (primary N) is 1. The fourth-order valence-electron chi connectivity index (χ4n) is 1.26. The Labute approximate surface area is 91.8 Å². The van der Waals surface area contributed by atoms with Crippen molar-refractivity contribution in [1.82, 2.24) is 4.90 Å². The molecule has 0 saturated heterocycles. The van der Waals surface area contributed by atoms with Crippen LogP contribution in [-0.2, 0) is 6.42 Å². The molecule has 0 atom stereocenters. The van der Waals surface area contributed by atoms with Crippen molar-refractivity contribution in [2.45, 2.75) is 13.3 Å². The van der Waals surface area contributed by atoms with Crippen molar-refractivity contribution < 1.29 is 4.74 Å². The molecular weight excluding hydrogens is 188 g/mol. The molecule has 0 saturated carbocycles. The summed E-state index contributed by atoms with van der Waals surface area (Å²) in [5, 5.41) is 0. The maximum atomic E-state index is 5.82. The standard InChI is InChI=1S/C12H20N2O/c1-4-10-5-6-11(13)12(9-10)15-8-7-14(2)3/h5-6,9H,4,7-8,13H2,1-3H3. The lowest BCUT2D eigenvalue weighted by Gasteiger charge is -2.13. The van der Waals surface area contributed by atoms with E-state index < -0.39 is 0 Å². The van der Waals surface area contributed by atoms with E-state index in [4.69, 9.17) is 10.5 Å². The number of likely N-dealkylation sites (N-methyl/N-ethyl adjacent to an activating group) is 1. The van der Waals surface area contributed by atoms with Crippen LogP contribution in [0, 0.1) is 0 Å². The summed E-state index contributed by atoms with van der Waals surface area (Å²) < 4.78 is 5.62. The average Bonchev–Trinajstić information content (AvgIpc) is 2.20. The van der Waals surface area contributed by atoms with Crippen molar-refractivity contribution >= 4 is 5.69 Å². The minimum absolute atomic E-state index is 0.671. The first kappa shape index (κ1) is 11.9. The van der Waals surface area contributed by atoms with E-state index in [2.05, 4.69) is 11.8 Å². The Hall–Kier alpha value is -1.22. The lowest BCUT2D eigenvalue weighted by atomic mass is 10.1. The predicted octanol–water partition coefficient (Wildman–Crippen LogP) is 1.77.